The SMILES string of the molecule is CC(C)NC(=O)CCn1c(Cc2cc3c(cc2I)CCC3=O)nc2c(N)nc(F)nc21. The van der Waals surface area contributed by atoms with Crippen molar-refractivity contribution in [1.82, 2.24) is 24.8 Å². The Morgan fingerprint density at radius 1 is 1.29 bits per heavy atom. The van der Waals surface area contributed by atoms with Crippen molar-refractivity contribution in [2.24, 2.45) is 0 Å². The summed E-state index contributed by atoms with van der Waals surface area (Å²) in [5, 5.41) is 2.84. The second kappa shape index (κ2) is 8.48. The quantitative estimate of drug-likeness (QED) is 0.370. The van der Waals surface area contributed by atoms with E-state index in [9.17, 15) is 14.0 Å². The Labute approximate surface area is 192 Å². The van der Waals surface area contributed by atoms with Gasteiger partial charge in [0.25, 0.3) is 0 Å². The number of nitrogens with two attached hydrogens (primary N) is 1. The van der Waals surface area contributed by atoms with Crippen LogP contribution < -0.4 is 11.1 Å². The number of ketones is 1. The Kier molecular flexibility index (Phi) is 5.91. The number of hydrogen-bond donors (Lipinski definition) is 2. The zero-order valence-electron chi connectivity index (χ0n) is 17.2. The van der Waals surface area contributed by atoms with Crippen LogP contribution >= 0.6 is 22.6 Å². The van der Waals surface area contributed by atoms with Gasteiger partial charge in [-0.05, 0) is 66.1 Å². The lowest BCUT2D eigenvalue weighted by atomic mass is 10.0. The minimum Gasteiger partial charge on any atom is -0.382 e. The predicted molar refractivity (Wildman–Crippen MR) is 122 cm³/mol. The summed E-state index contributed by atoms with van der Waals surface area (Å²) < 4.78 is 16.6. The first-order valence-corrected chi connectivity index (χ1v) is 11.1. The van der Waals surface area contributed by atoms with Crippen LogP contribution in [0.5, 0.6) is 0 Å². The van der Waals surface area contributed by atoms with Gasteiger partial charge in [-0.1, -0.05) is 0 Å². The largest absolute Gasteiger partial charge is 0.382 e. The van der Waals surface area contributed by atoms with E-state index in [1.807, 2.05) is 26.0 Å². The highest BCUT2D eigenvalue weighted by Gasteiger charge is 2.23. The molecule has 8 nitrogen and oxygen atoms in total. The standard InChI is InChI=1S/C21H22FIN6O2/c1-10(2)25-17(31)5-6-29-16(26-18-19(24)27-21(22)28-20(18)29)9-12-7-13-11(8-14(12)23)3-4-15(13)30/h7-8,10H,3-6,9H2,1-2H3,(H,25,31)(H2,24,27,28). The van der Waals surface area contributed by atoms with E-state index in [2.05, 4.69) is 42.9 Å². The van der Waals surface area contributed by atoms with Gasteiger partial charge in [-0.25, -0.2) is 4.98 Å². The third-order valence-corrected chi connectivity index (χ3v) is 6.23. The molecule has 31 heavy (non-hydrogen) atoms. The highest BCUT2D eigenvalue weighted by atomic mass is 127. The summed E-state index contributed by atoms with van der Waals surface area (Å²) in [6.45, 7) is 4.04. The molecule has 1 amide bonds. The molecular formula is C21H22FIN6O2. The van der Waals surface area contributed by atoms with E-state index >= 15 is 0 Å². The van der Waals surface area contributed by atoms with Crippen molar-refractivity contribution in [3.63, 3.8) is 0 Å². The number of hydrogen-bond acceptors (Lipinski definition) is 6. The molecule has 1 aromatic carbocycles. The molecule has 3 aromatic rings. The first-order chi connectivity index (χ1) is 14.7. The molecule has 4 rings (SSSR count). The number of carbonyl (C=O) groups is 2. The van der Waals surface area contributed by atoms with Crippen LogP contribution in [0, 0.1) is 9.65 Å². The van der Waals surface area contributed by atoms with E-state index < -0.39 is 6.08 Å². The number of anilines is 1. The minimum atomic E-state index is -0.943. The Morgan fingerprint density at radius 3 is 2.81 bits per heavy atom. The van der Waals surface area contributed by atoms with Crippen molar-refractivity contribution >= 4 is 51.3 Å². The molecule has 0 spiro atoms. The van der Waals surface area contributed by atoms with Crippen LogP contribution in [-0.2, 0) is 24.2 Å². The van der Waals surface area contributed by atoms with Gasteiger partial charge in [0.15, 0.2) is 22.8 Å². The van der Waals surface area contributed by atoms with E-state index in [1.54, 1.807) is 4.57 Å². The predicted octanol–water partition coefficient (Wildman–Crippen LogP) is 2.79. The van der Waals surface area contributed by atoms with Crippen LogP contribution in [0.2, 0.25) is 0 Å². The molecule has 0 bridgehead atoms. The Balaban J connectivity index is 1.73. The van der Waals surface area contributed by atoms with Crippen molar-refractivity contribution in [1.29, 1.82) is 0 Å². The van der Waals surface area contributed by atoms with Crippen LogP contribution in [0.3, 0.4) is 0 Å². The maximum atomic E-state index is 13.9. The maximum absolute atomic E-state index is 13.9. The Morgan fingerprint density at radius 2 is 2.06 bits per heavy atom. The summed E-state index contributed by atoms with van der Waals surface area (Å²) >= 11 is 2.25. The number of carbonyl (C=O) groups excluding carboxylic acids is 2. The first-order valence-electron chi connectivity index (χ1n) is 10.0. The third-order valence-electron chi connectivity index (χ3n) is 5.23. The van der Waals surface area contributed by atoms with Crippen molar-refractivity contribution in [3.05, 3.63) is 44.3 Å². The summed E-state index contributed by atoms with van der Waals surface area (Å²) in [6, 6.07) is 3.97. The van der Waals surface area contributed by atoms with Crippen LogP contribution in [-0.4, -0.2) is 37.3 Å². The minimum absolute atomic E-state index is 0.0208. The van der Waals surface area contributed by atoms with Crippen molar-refractivity contribution in [2.75, 3.05) is 5.73 Å². The average molecular weight is 536 g/mol. The summed E-state index contributed by atoms with van der Waals surface area (Å²) in [6.07, 6.45) is 0.926. The van der Waals surface area contributed by atoms with Gasteiger partial charge in [0.2, 0.25) is 5.91 Å². The molecule has 2 aromatic heterocycles. The Bertz CT molecular complexity index is 1210. The van der Waals surface area contributed by atoms with Crippen LogP contribution in [0.4, 0.5) is 10.2 Å². The summed E-state index contributed by atoms with van der Waals surface area (Å²) in [7, 11) is 0. The normalized spacial score (nSPS) is 13.3. The van der Waals surface area contributed by atoms with Crippen molar-refractivity contribution in [2.45, 2.75) is 52.1 Å². The molecule has 0 atom stereocenters. The molecule has 0 saturated carbocycles. The summed E-state index contributed by atoms with van der Waals surface area (Å²) in [5.74, 6) is 0.557. The monoisotopic (exact) mass is 536 g/mol. The molecule has 3 N–H and O–H groups in total. The number of benzene rings is 1. The molecule has 0 fully saturated rings. The maximum Gasteiger partial charge on any atom is 0.312 e. The molecule has 1 aliphatic carbocycles. The van der Waals surface area contributed by atoms with Gasteiger partial charge in [0.05, 0.1) is 0 Å². The molecule has 0 radical (unpaired) electrons. The third kappa shape index (κ3) is 4.39. The van der Waals surface area contributed by atoms with E-state index in [1.165, 1.54) is 0 Å². The lowest BCUT2D eigenvalue weighted by molar-refractivity contribution is -0.121. The highest BCUT2D eigenvalue weighted by molar-refractivity contribution is 14.1. The molecule has 0 unspecified atom stereocenters. The average Bonchev–Trinajstić information content (AvgIpc) is 3.20. The van der Waals surface area contributed by atoms with Crippen LogP contribution in [0.15, 0.2) is 12.1 Å². The lowest BCUT2D eigenvalue weighted by Gasteiger charge is -2.12. The number of rotatable bonds is 6. The van der Waals surface area contributed by atoms with Gasteiger partial charge in [0.1, 0.15) is 5.82 Å². The number of Topliss-reactive ketones (excluding diaryl/α,β-unsaturated/α-hetero) is 1. The van der Waals surface area contributed by atoms with Gasteiger partial charge in [0, 0.05) is 41.0 Å². The topological polar surface area (TPSA) is 116 Å². The van der Waals surface area contributed by atoms with Crippen LogP contribution in [0.25, 0.3) is 11.2 Å². The number of nitrogen functional groups attached to an aromatic ring is 1. The van der Waals surface area contributed by atoms with Gasteiger partial charge >= 0.3 is 6.08 Å². The molecular weight excluding hydrogens is 514 g/mol. The number of amides is 1. The number of nitrogens with one attached hydrogen (secondary N) is 1. The van der Waals surface area contributed by atoms with Gasteiger partial charge in [-0.15, -0.1) is 0 Å². The summed E-state index contributed by atoms with van der Waals surface area (Å²) in [4.78, 5) is 36.4. The number of imidazole rings is 1. The van der Waals surface area contributed by atoms with Crippen LogP contribution in [0.1, 0.15) is 54.0 Å². The molecule has 10 heteroatoms. The molecule has 2 heterocycles. The fourth-order valence-electron chi connectivity index (χ4n) is 3.83. The number of aromatic nitrogens is 4. The second-order valence-electron chi connectivity index (χ2n) is 7.90. The zero-order valence-corrected chi connectivity index (χ0v) is 19.4. The highest BCUT2D eigenvalue weighted by Crippen LogP contribution is 2.29. The Hall–Kier alpha value is -2.63. The zero-order chi connectivity index (χ0) is 22.3. The lowest BCUT2D eigenvalue weighted by Crippen LogP contribution is -2.30. The summed E-state index contributed by atoms with van der Waals surface area (Å²) in [5.41, 5.74) is 9.19. The fourth-order valence-corrected chi connectivity index (χ4v) is 4.55. The number of nitrogens with zero attached hydrogens (tertiary/aromatic N) is 4. The fraction of sp³-hybridized carbons (Fsp3) is 0.381. The smallest absolute Gasteiger partial charge is 0.312 e. The molecule has 0 aliphatic heterocycles. The van der Waals surface area contributed by atoms with E-state index in [0.29, 0.717) is 24.2 Å². The van der Waals surface area contributed by atoms with Crippen molar-refractivity contribution in [3.8, 4) is 0 Å². The molecule has 162 valence electrons. The molecule has 0 saturated heterocycles. The molecule has 1 aliphatic rings. The number of aryl methyl sites for hydroxylation is 2. The van der Waals surface area contributed by atoms with E-state index in [4.69, 9.17) is 5.73 Å². The van der Waals surface area contributed by atoms with Gasteiger partial charge in [-0.3, -0.25) is 9.59 Å². The number of fused-ring (bicyclic) bond motifs is 2. The first kappa shape index (κ1) is 21.6. The van der Waals surface area contributed by atoms with Gasteiger partial charge < -0.3 is 15.6 Å². The van der Waals surface area contributed by atoms with Crippen molar-refractivity contribution < 1.29 is 14.0 Å². The van der Waals surface area contributed by atoms with E-state index in [0.717, 1.165) is 26.7 Å². The van der Waals surface area contributed by atoms with E-state index in [-0.39, 0.29) is 42.2 Å². The number of halogens is 2. The van der Waals surface area contributed by atoms with Gasteiger partial charge in [-0.2, -0.15) is 14.4 Å². The second-order valence-corrected chi connectivity index (χ2v) is 9.06.